The van der Waals surface area contributed by atoms with Crippen molar-refractivity contribution in [2.75, 3.05) is 27.4 Å². The summed E-state index contributed by atoms with van der Waals surface area (Å²) in [7, 11) is 3.26. The van der Waals surface area contributed by atoms with Gasteiger partial charge in [-0.25, -0.2) is 0 Å². The fourth-order valence-electron chi connectivity index (χ4n) is 1.72. The lowest BCUT2D eigenvalue weighted by atomic mass is 10.2. The molecule has 0 radical (unpaired) electrons. The van der Waals surface area contributed by atoms with Crippen molar-refractivity contribution in [1.82, 2.24) is 0 Å². The van der Waals surface area contributed by atoms with Crippen LogP contribution in [0.3, 0.4) is 0 Å². The Morgan fingerprint density at radius 3 is 1.40 bits per heavy atom. The lowest BCUT2D eigenvalue weighted by Crippen LogP contribution is -2.02. The predicted molar refractivity (Wildman–Crippen MR) is 80.4 cm³/mol. The van der Waals surface area contributed by atoms with E-state index in [1.807, 2.05) is 12.1 Å². The monoisotopic (exact) mass is 282 g/mol. The first-order chi connectivity index (χ1) is 9.76. The molecule has 0 fully saturated rings. The molecule has 0 saturated heterocycles. The normalized spacial score (nSPS) is 10.2. The first-order valence-electron chi connectivity index (χ1n) is 7.28. The first-order valence-corrected chi connectivity index (χ1v) is 7.28. The van der Waals surface area contributed by atoms with E-state index in [0.717, 1.165) is 25.7 Å². The van der Waals surface area contributed by atoms with Crippen LogP contribution in [0.4, 0.5) is 0 Å². The van der Waals surface area contributed by atoms with Crippen LogP contribution in [0.1, 0.15) is 39.5 Å². The first kappa shape index (κ1) is 16.5. The van der Waals surface area contributed by atoms with Crippen molar-refractivity contribution in [3.8, 4) is 23.0 Å². The second kappa shape index (κ2) is 9.34. The number of rotatable bonds is 10. The van der Waals surface area contributed by atoms with Crippen LogP contribution in [0.25, 0.3) is 0 Å². The number of ether oxygens (including phenoxy) is 4. The molecule has 20 heavy (non-hydrogen) atoms. The summed E-state index contributed by atoms with van der Waals surface area (Å²) >= 11 is 0. The van der Waals surface area contributed by atoms with E-state index >= 15 is 0 Å². The fraction of sp³-hybridized carbons (Fsp3) is 0.625. The minimum atomic E-state index is 0.673. The van der Waals surface area contributed by atoms with Gasteiger partial charge in [-0.2, -0.15) is 0 Å². The maximum absolute atomic E-state index is 5.73. The summed E-state index contributed by atoms with van der Waals surface area (Å²) in [5, 5.41) is 0. The van der Waals surface area contributed by atoms with Crippen LogP contribution in [0.5, 0.6) is 23.0 Å². The lowest BCUT2D eigenvalue weighted by molar-refractivity contribution is 0.270. The highest BCUT2D eigenvalue weighted by atomic mass is 16.5. The van der Waals surface area contributed by atoms with Gasteiger partial charge < -0.3 is 18.9 Å². The molecule has 1 rings (SSSR count). The summed E-state index contributed by atoms with van der Waals surface area (Å²) < 4.78 is 22.2. The molecule has 0 aliphatic carbocycles. The third-order valence-electron chi connectivity index (χ3n) is 2.96. The number of unbranched alkanes of at least 4 members (excludes halogenated alkanes) is 2. The van der Waals surface area contributed by atoms with Crippen molar-refractivity contribution in [3.05, 3.63) is 12.1 Å². The molecule has 0 heterocycles. The van der Waals surface area contributed by atoms with Crippen LogP contribution < -0.4 is 18.9 Å². The van der Waals surface area contributed by atoms with E-state index in [1.165, 1.54) is 0 Å². The molecule has 0 aliphatic heterocycles. The molecule has 1 aromatic carbocycles. The van der Waals surface area contributed by atoms with E-state index in [1.54, 1.807) is 14.2 Å². The van der Waals surface area contributed by atoms with Crippen molar-refractivity contribution in [2.24, 2.45) is 0 Å². The quantitative estimate of drug-likeness (QED) is 0.606. The second-order valence-corrected chi connectivity index (χ2v) is 4.56. The van der Waals surface area contributed by atoms with Gasteiger partial charge in [-0.3, -0.25) is 0 Å². The van der Waals surface area contributed by atoms with Crippen molar-refractivity contribution < 1.29 is 18.9 Å². The zero-order chi connectivity index (χ0) is 14.8. The molecule has 4 heteroatoms. The SMILES string of the molecule is CCCCOc1cc(OC)c(OCCCC)cc1OC. The minimum absolute atomic E-state index is 0.673. The summed E-state index contributed by atoms with van der Waals surface area (Å²) in [6.07, 6.45) is 4.22. The van der Waals surface area contributed by atoms with E-state index in [4.69, 9.17) is 18.9 Å². The van der Waals surface area contributed by atoms with Gasteiger partial charge in [0, 0.05) is 12.1 Å². The largest absolute Gasteiger partial charge is 0.493 e. The van der Waals surface area contributed by atoms with Crippen LogP contribution in [0, 0.1) is 0 Å². The molecule has 0 unspecified atom stereocenters. The van der Waals surface area contributed by atoms with Gasteiger partial charge in [-0.1, -0.05) is 26.7 Å². The summed E-state index contributed by atoms with van der Waals surface area (Å²) in [6, 6.07) is 3.66. The Morgan fingerprint density at radius 1 is 0.700 bits per heavy atom. The number of hydrogen-bond acceptors (Lipinski definition) is 4. The maximum atomic E-state index is 5.73. The Hall–Kier alpha value is -1.58. The molecule has 0 aliphatic rings. The van der Waals surface area contributed by atoms with Gasteiger partial charge in [0.15, 0.2) is 23.0 Å². The van der Waals surface area contributed by atoms with Gasteiger partial charge in [0.05, 0.1) is 27.4 Å². The van der Waals surface area contributed by atoms with Crippen LogP contribution in [-0.2, 0) is 0 Å². The Kier molecular flexibility index (Phi) is 7.70. The van der Waals surface area contributed by atoms with Gasteiger partial charge in [-0.15, -0.1) is 0 Å². The number of methoxy groups -OCH3 is 2. The highest BCUT2D eigenvalue weighted by Gasteiger charge is 2.13. The molecule has 0 N–H and O–H groups in total. The van der Waals surface area contributed by atoms with E-state index in [-0.39, 0.29) is 0 Å². The standard InChI is InChI=1S/C16H26O4/c1-5-7-9-19-15-11-14(18-4)16(12-13(15)17-3)20-10-8-6-2/h11-12H,5-10H2,1-4H3. The average molecular weight is 282 g/mol. The van der Waals surface area contributed by atoms with Crippen LogP contribution in [0.2, 0.25) is 0 Å². The topological polar surface area (TPSA) is 36.9 Å². The van der Waals surface area contributed by atoms with E-state index < -0.39 is 0 Å². The highest BCUT2D eigenvalue weighted by molar-refractivity contribution is 5.54. The van der Waals surface area contributed by atoms with Gasteiger partial charge >= 0.3 is 0 Å². The van der Waals surface area contributed by atoms with Gasteiger partial charge in [-0.05, 0) is 12.8 Å². The molecule has 0 amide bonds. The molecule has 1 aromatic rings. The Balaban J connectivity index is 2.85. The fourth-order valence-corrected chi connectivity index (χ4v) is 1.72. The van der Waals surface area contributed by atoms with Crippen LogP contribution >= 0.6 is 0 Å². The molecule has 0 bridgehead atoms. The highest BCUT2D eigenvalue weighted by Crippen LogP contribution is 2.39. The minimum Gasteiger partial charge on any atom is -0.493 e. The molecule has 0 spiro atoms. The van der Waals surface area contributed by atoms with Crippen LogP contribution in [0.15, 0.2) is 12.1 Å². The van der Waals surface area contributed by atoms with Crippen molar-refractivity contribution in [2.45, 2.75) is 39.5 Å². The zero-order valence-electron chi connectivity index (χ0n) is 13.0. The smallest absolute Gasteiger partial charge is 0.165 e. The van der Waals surface area contributed by atoms with E-state index in [9.17, 15) is 0 Å². The second-order valence-electron chi connectivity index (χ2n) is 4.56. The summed E-state index contributed by atoms with van der Waals surface area (Å²) in [4.78, 5) is 0. The summed E-state index contributed by atoms with van der Waals surface area (Å²) in [5.41, 5.74) is 0. The Morgan fingerprint density at radius 2 is 1.10 bits per heavy atom. The van der Waals surface area contributed by atoms with Crippen molar-refractivity contribution >= 4 is 0 Å². The molecular weight excluding hydrogens is 256 g/mol. The summed E-state index contributed by atoms with van der Waals surface area (Å²) in [5.74, 6) is 2.74. The Labute approximate surface area is 122 Å². The lowest BCUT2D eigenvalue weighted by Gasteiger charge is -2.16. The third kappa shape index (κ3) is 4.83. The molecular formula is C16H26O4. The maximum Gasteiger partial charge on any atom is 0.165 e. The van der Waals surface area contributed by atoms with Gasteiger partial charge in [0.1, 0.15) is 0 Å². The van der Waals surface area contributed by atoms with E-state index in [2.05, 4.69) is 13.8 Å². The number of benzene rings is 1. The summed E-state index contributed by atoms with van der Waals surface area (Å²) in [6.45, 7) is 5.61. The number of hydrogen-bond donors (Lipinski definition) is 0. The van der Waals surface area contributed by atoms with Crippen molar-refractivity contribution in [3.63, 3.8) is 0 Å². The van der Waals surface area contributed by atoms with Gasteiger partial charge in [0.2, 0.25) is 0 Å². The van der Waals surface area contributed by atoms with E-state index in [0.29, 0.717) is 36.2 Å². The predicted octanol–water partition coefficient (Wildman–Crippen LogP) is 4.06. The molecule has 0 atom stereocenters. The molecule has 4 nitrogen and oxygen atoms in total. The molecule has 0 saturated carbocycles. The average Bonchev–Trinajstić information content (AvgIpc) is 2.48. The molecule has 0 aromatic heterocycles. The third-order valence-corrected chi connectivity index (χ3v) is 2.96. The van der Waals surface area contributed by atoms with Crippen LogP contribution in [-0.4, -0.2) is 27.4 Å². The Bertz CT molecular complexity index is 353. The van der Waals surface area contributed by atoms with Crippen molar-refractivity contribution in [1.29, 1.82) is 0 Å². The van der Waals surface area contributed by atoms with Gasteiger partial charge in [0.25, 0.3) is 0 Å². The molecule has 114 valence electrons. The zero-order valence-corrected chi connectivity index (χ0v) is 13.0.